The van der Waals surface area contributed by atoms with Gasteiger partial charge in [0.1, 0.15) is 5.69 Å². The Kier molecular flexibility index (Phi) is 5.48. The van der Waals surface area contributed by atoms with Crippen LogP contribution in [-0.2, 0) is 0 Å². The van der Waals surface area contributed by atoms with Crippen molar-refractivity contribution in [2.45, 2.75) is 13.0 Å². The second kappa shape index (κ2) is 7.55. The number of aliphatic hydroxyl groups is 1. The summed E-state index contributed by atoms with van der Waals surface area (Å²) in [5.74, 6) is -0.746. The average molecular weight is 316 g/mol. The van der Waals surface area contributed by atoms with Gasteiger partial charge in [-0.3, -0.25) is 14.3 Å². The van der Waals surface area contributed by atoms with Gasteiger partial charge < -0.3 is 15.7 Å². The molecule has 122 valence electrons. The van der Waals surface area contributed by atoms with Crippen molar-refractivity contribution in [3.8, 4) is 0 Å². The van der Waals surface area contributed by atoms with Crippen LogP contribution in [0.25, 0.3) is 0 Å². The number of aliphatic hydroxyl groups excluding tert-OH is 1. The third-order valence-electron chi connectivity index (χ3n) is 3.47. The molecule has 1 unspecified atom stereocenters. The van der Waals surface area contributed by atoms with Crippen molar-refractivity contribution in [2.24, 2.45) is 0 Å². The number of hydrogen-bond acceptors (Lipinski definition) is 4. The summed E-state index contributed by atoms with van der Waals surface area (Å²) >= 11 is 0. The van der Waals surface area contributed by atoms with E-state index in [4.69, 9.17) is 5.11 Å². The molecule has 0 radical (unpaired) electrons. The van der Waals surface area contributed by atoms with Crippen LogP contribution in [0.4, 0.5) is 0 Å². The zero-order valence-electron chi connectivity index (χ0n) is 13.1. The molecule has 0 saturated carbocycles. The molecule has 23 heavy (non-hydrogen) atoms. The van der Waals surface area contributed by atoms with Gasteiger partial charge in [0.15, 0.2) is 5.69 Å². The number of hydrogen-bond donors (Lipinski definition) is 3. The molecule has 0 aliphatic heterocycles. The summed E-state index contributed by atoms with van der Waals surface area (Å²) in [6.07, 6.45) is 0. The van der Waals surface area contributed by atoms with Crippen molar-refractivity contribution >= 4 is 11.8 Å². The van der Waals surface area contributed by atoms with Gasteiger partial charge in [-0.2, -0.15) is 5.10 Å². The number of amides is 2. The van der Waals surface area contributed by atoms with Crippen molar-refractivity contribution in [3.05, 3.63) is 53.3 Å². The van der Waals surface area contributed by atoms with Crippen molar-refractivity contribution < 1.29 is 14.7 Å². The summed E-state index contributed by atoms with van der Waals surface area (Å²) in [6.45, 7) is 1.88. The van der Waals surface area contributed by atoms with Gasteiger partial charge >= 0.3 is 0 Å². The van der Waals surface area contributed by atoms with Gasteiger partial charge in [-0.25, -0.2) is 0 Å². The van der Waals surface area contributed by atoms with E-state index in [1.165, 1.54) is 17.8 Å². The zero-order chi connectivity index (χ0) is 16.8. The lowest BCUT2D eigenvalue weighted by molar-refractivity contribution is 0.0930. The smallest absolute Gasteiger partial charge is 0.271 e. The Labute approximate surface area is 134 Å². The van der Waals surface area contributed by atoms with E-state index in [1.54, 1.807) is 0 Å². The summed E-state index contributed by atoms with van der Waals surface area (Å²) in [5, 5.41) is 18.2. The maximum Gasteiger partial charge on any atom is 0.271 e. The van der Waals surface area contributed by atoms with Crippen LogP contribution < -0.4 is 10.6 Å². The molecule has 0 fully saturated rings. The monoisotopic (exact) mass is 316 g/mol. The molecular formula is C16H20N4O3. The fourth-order valence-electron chi connectivity index (χ4n) is 2.23. The number of rotatable bonds is 6. The molecule has 1 aromatic heterocycles. The third-order valence-corrected chi connectivity index (χ3v) is 3.47. The largest absolute Gasteiger partial charge is 0.395 e. The van der Waals surface area contributed by atoms with Crippen LogP contribution in [0.1, 0.15) is 39.5 Å². The summed E-state index contributed by atoms with van der Waals surface area (Å²) in [5.41, 5.74) is 1.41. The minimum absolute atomic E-state index is 0.138. The van der Waals surface area contributed by atoms with Crippen molar-refractivity contribution in [1.29, 1.82) is 0 Å². The Morgan fingerprint density at radius 2 is 1.96 bits per heavy atom. The summed E-state index contributed by atoms with van der Waals surface area (Å²) in [7, 11) is 1.51. The Hall–Kier alpha value is -2.67. The standard InChI is InChI=1S/C16H20N4O3/c1-11(12-6-4-3-5-7-12)20-14(16(23)18-8-9-21)10-13(19-20)15(22)17-2/h3-7,10-11,21H,8-9H2,1-2H3,(H,17,22)(H,18,23). The maximum absolute atomic E-state index is 12.3. The van der Waals surface area contributed by atoms with Crippen molar-refractivity contribution in [1.82, 2.24) is 20.4 Å². The van der Waals surface area contributed by atoms with Crippen LogP contribution in [0.15, 0.2) is 36.4 Å². The number of aromatic nitrogens is 2. The van der Waals surface area contributed by atoms with Gasteiger partial charge in [-0.1, -0.05) is 30.3 Å². The lowest BCUT2D eigenvalue weighted by Crippen LogP contribution is -2.29. The van der Waals surface area contributed by atoms with Gasteiger partial charge in [0.2, 0.25) is 0 Å². The van der Waals surface area contributed by atoms with Gasteiger partial charge in [0.25, 0.3) is 11.8 Å². The van der Waals surface area contributed by atoms with Crippen LogP contribution in [0.3, 0.4) is 0 Å². The minimum atomic E-state index is -0.385. The molecule has 0 aliphatic carbocycles. The molecule has 7 nitrogen and oxygen atoms in total. The van der Waals surface area contributed by atoms with E-state index in [2.05, 4.69) is 15.7 Å². The SMILES string of the molecule is CNC(=O)c1cc(C(=O)NCCO)n(C(C)c2ccccc2)n1. The normalized spacial score (nSPS) is 11.8. The molecule has 1 aromatic carbocycles. The molecule has 7 heteroatoms. The average Bonchev–Trinajstić information content (AvgIpc) is 3.04. The Morgan fingerprint density at radius 3 is 2.57 bits per heavy atom. The third kappa shape index (κ3) is 3.75. The highest BCUT2D eigenvalue weighted by atomic mass is 16.3. The Morgan fingerprint density at radius 1 is 1.26 bits per heavy atom. The van der Waals surface area contributed by atoms with Crippen LogP contribution in [0, 0.1) is 0 Å². The van der Waals surface area contributed by atoms with E-state index < -0.39 is 0 Å². The van der Waals surface area contributed by atoms with Gasteiger partial charge in [0.05, 0.1) is 12.6 Å². The molecule has 2 aromatic rings. The topological polar surface area (TPSA) is 96.3 Å². The second-order valence-electron chi connectivity index (χ2n) is 5.00. The summed E-state index contributed by atoms with van der Waals surface area (Å²) in [6, 6.07) is 10.8. The molecule has 1 atom stereocenters. The predicted octanol–water partition coefficient (Wildman–Crippen LogP) is 0.574. The first kappa shape index (κ1) is 16.7. The molecule has 0 spiro atoms. The number of nitrogens with one attached hydrogen (secondary N) is 2. The van der Waals surface area contributed by atoms with E-state index in [1.807, 2.05) is 37.3 Å². The van der Waals surface area contributed by atoms with Gasteiger partial charge in [-0.05, 0) is 12.5 Å². The Balaban J connectivity index is 2.41. The van der Waals surface area contributed by atoms with Crippen molar-refractivity contribution in [3.63, 3.8) is 0 Å². The molecular weight excluding hydrogens is 296 g/mol. The molecule has 1 heterocycles. The van der Waals surface area contributed by atoms with E-state index in [9.17, 15) is 9.59 Å². The first-order valence-corrected chi connectivity index (χ1v) is 7.34. The number of carbonyl (C=O) groups excluding carboxylic acids is 2. The van der Waals surface area contributed by atoms with E-state index >= 15 is 0 Å². The van der Waals surface area contributed by atoms with Gasteiger partial charge in [-0.15, -0.1) is 0 Å². The highest BCUT2D eigenvalue weighted by molar-refractivity contribution is 5.97. The van der Waals surface area contributed by atoms with Crippen molar-refractivity contribution in [2.75, 3.05) is 20.2 Å². The highest BCUT2D eigenvalue weighted by Crippen LogP contribution is 2.20. The summed E-state index contributed by atoms with van der Waals surface area (Å²) < 4.78 is 1.52. The lowest BCUT2D eigenvalue weighted by Gasteiger charge is -2.15. The maximum atomic E-state index is 12.3. The van der Waals surface area contributed by atoms with Crippen LogP contribution >= 0.6 is 0 Å². The first-order valence-electron chi connectivity index (χ1n) is 7.34. The van der Waals surface area contributed by atoms with Crippen LogP contribution in [0.5, 0.6) is 0 Å². The van der Waals surface area contributed by atoms with Gasteiger partial charge in [0, 0.05) is 19.7 Å². The molecule has 2 amide bonds. The van der Waals surface area contributed by atoms with E-state index in [0.29, 0.717) is 0 Å². The van der Waals surface area contributed by atoms with E-state index in [0.717, 1.165) is 5.56 Å². The predicted molar refractivity (Wildman–Crippen MR) is 85.3 cm³/mol. The number of nitrogens with zero attached hydrogens (tertiary/aromatic N) is 2. The number of carbonyl (C=O) groups is 2. The highest BCUT2D eigenvalue weighted by Gasteiger charge is 2.22. The second-order valence-corrected chi connectivity index (χ2v) is 5.00. The fraction of sp³-hybridized carbons (Fsp3) is 0.312. The molecule has 0 bridgehead atoms. The molecule has 2 rings (SSSR count). The van der Waals surface area contributed by atoms with E-state index in [-0.39, 0.29) is 42.4 Å². The van der Waals surface area contributed by atoms with Crippen LogP contribution in [0.2, 0.25) is 0 Å². The first-order chi connectivity index (χ1) is 11.1. The minimum Gasteiger partial charge on any atom is -0.395 e. The number of benzene rings is 1. The van der Waals surface area contributed by atoms with Crippen LogP contribution in [-0.4, -0.2) is 46.9 Å². The summed E-state index contributed by atoms with van der Waals surface area (Å²) in [4.78, 5) is 24.1. The zero-order valence-corrected chi connectivity index (χ0v) is 13.1. The Bertz CT molecular complexity index is 682. The molecule has 3 N–H and O–H groups in total. The molecule has 0 saturated heterocycles. The fourth-order valence-corrected chi connectivity index (χ4v) is 2.23. The quantitative estimate of drug-likeness (QED) is 0.726. The molecule has 0 aliphatic rings. The lowest BCUT2D eigenvalue weighted by atomic mass is 10.1.